The Bertz CT molecular complexity index is 800. The predicted octanol–water partition coefficient (Wildman–Crippen LogP) is 4.41. The number of hydrogen-bond donors (Lipinski definition) is 0. The Balaban J connectivity index is 1.90. The third-order valence-corrected chi connectivity index (χ3v) is 4.61. The number of nitrogens with zero attached hydrogens (tertiary/aromatic N) is 2. The molecule has 4 nitrogen and oxygen atoms in total. The third kappa shape index (κ3) is 3.29. The van der Waals surface area contributed by atoms with Crippen LogP contribution in [0.1, 0.15) is 16.2 Å². The molecule has 1 amide bonds. The Morgan fingerprint density at radius 2 is 1.65 bits per heavy atom. The average molecular weight is 324 g/mol. The van der Waals surface area contributed by atoms with Crippen molar-refractivity contribution in [3.05, 3.63) is 72.1 Å². The number of aryl methyl sites for hydroxylation is 1. The van der Waals surface area contributed by atoms with Crippen LogP contribution in [0.4, 0.5) is 5.69 Å². The van der Waals surface area contributed by atoms with Crippen LogP contribution in [0.15, 0.2) is 75.0 Å². The van der Waals surface area contributed by atoms with Crippen LogP contribution in [-0.4, -0.2) is 18.1 Å². The minimum absolute atomic E-state index is 0.213. The molecular formula is C18H16N2O2S. The van der Waals surface area contributed by atoms with E-state index in [1.54, 1.807) is 11.9 Å². The first kappa shape index (κ1) is 15.4. The fraction of sp³-hybridized carbons (Fsp3) is 0.111. The lowest BCUT2D eigenvalue weighted by atomic mass is 10.2. The highest BCUT2D eigenvalue weighted by atomic mass is 32.2. The lowest BCUT2D eigenvalue weighted by Crippen LogP contribution is -2.26. The molecule has 0 N–H and O–H groups in total. The van der Waals surface area contributed by atoms with Gasteiger partial charge in [0.15, 0.2) is 0 Å². The van der Waals surface area contributed by atoms with Crippen molar-refractivity contribution in [2.24, 2.45) is 0 Å². The van der Waals surface area contributed by atoms with Crippen molar-refractivity contribution in [2.75, 3.05) is 11.9 Å². The van der Waals surface area contributed by atoms with Crippen LogP contribution in [0.3, 0.4) is 0 Å². The van der Waals surface area contributed by atoms with E-state index in [4.69, 9.17) is 4.52 Å². The van der Waals surface area contributed by atoms with Gasteiger partial charge < -0.3 is 9.42 Å². The zero-order valence-electron chi connectivity index (χ0n) is 12.9. The van der Waals surface area contributed by atoms with E-state index in [9.17, 15) is 4.79 Å². The zero-order valence-corrected chi connectivity index (χ0v) is 13.7. The third-order valence-electron chi connectivity index (χ3n) is 3.41. The number of para-hydroxylation sites is 1. The topological polar surface area (TPSA) is 46.3 Å². The number of anilines is 1. The maximum Gasteiger partial charge on any atom is 0.297 e. The number of benzene rings is 2. The van der Waals surface area contributed by atoms with Crippen LogP contribution in [-0.2, 0) is 0 Å². The summed E-state index contributed by atoms with van der Waals surface area (Å²) in [7, 11) is 1.73. The highest BCUT2D eigenvalue weighted by molar-refractivity contribution is 7.99. The van der Waals surface area contributed by atoms with Crippen LogP contribution < -0.4 is 4.90 Å². The summed E-state index contributed by atoms with van der Waals surface area (Å²) in [6.07, 6.45) is 0. The smallest absolute Gasteiger partial charge is 0.297 e. The maximum atomic E-state index is 12.7. The first-order valence-corrected chi connectivity index (χ1v) is 8.00. The summed E-state index contributed by atoms with van der Waals surface area (Å²) < 4.78 is 5.31. The Morgan fingerprint density at radius 1 is 1.04 bits per heavy atom. The summed E-state index contributed by atoms with van der Waals surface area (Å²) in [4.78, 5) is 16.1. The van der Waals surface area contributed by atoms with E-state index in [-0.39, 0.29) is 11.7 Å². The van der Waals surface area contributed by atoms with Gasteiger partial charge in [0, 0.05) is 17.6 Å². The molecule has 116 valence electrons. The van der Waals surface area contributed by atoms with E-state index in [0.717, 1.165) is 15.5 Å². The molecule has 1 heterocycles. The standard InChI is InChI=1S/C18H16N2O2S/c1-13-17(23-15-11-7-4-8-12-15)16(22-19-13)18(21)20(2)14-9-5-3-6-10-14/h3-12H,1-2H3. The Hall–Kier alpha value is -2.53. The second kappa shape index (κ2) is 6.71. The fourth-order valence-electron chi connectivity index (χ4n) is 2.15. The summed E-state index contributed by atoms with van der Waals surface area (Å²) in [5.74, 6) is 0.0536. The van der Waals surface area contributed by atoms with Crippen molar-refractivity contribution in [1.82, 2.24) is 5.16 Å². The lowest BCUT2D eigenvalue weighted by Gasteiger charge is -2.16. The highest BCUT2D eigenvalue weighted by Crippen LogP contribution is 2.34. The molecule has 1 aromatic heterocycles. The van der Waals surface area contributed by atoms with Gasteiger partial charge in [-0.05, 0) is 31.2 Å². The molecule has 0 aliphatic heterocycles. The van der Waals surface area contributed by atoms with Gasteiger partial charge in [-0.1, -0.05) is 53.3 Å². The van der Waals surface area contributed by atoms with Gasteiger partial charge in [-0.3, -0.25) is 4.79 Å². The monoisotopic (exact) mass is 324 g/mol. The molecular weight excluding hydrogens is 308 g/mol. The lowest BCUT2D eigenvalue weighted by molar-refractivity contribution is 0.0953. The Labute approximate surface area is 139 Å². The van der Waals surface area contributed by atoms with Crippen LogP contribution in [0, 0.1) is 6.92 Å². The van der Waals surface area contributed by atoms with Crippen molar-refractivity contribution in [1.29, 1.82) is 0 Å². The van der Waals surface area contributed by atoms with E-state index in [1.807, 2.05) is 67.6 Å². The van der Waals surface area contributed by atoms with Crippen LogP contribution >= 0.6 is 11.8 Å². The Kier molecular flexibility index (Phi) is 4.48. The molecule has 0 saturated carbocycles. The summed E-state index contributed by atoms with van der Waals surface area (Å²) in [5.41, 5.74) is 1.52. The second-order valence-electron chi connectivity index (χ2n) is 5.04. The molecule has 2 aromatic carbocycles. The normalized spacial score (nSPS) is 10.5. The van der Waals surface area contributed by atoms with Gasteiger partial charge in [0.25, 0.3) is 5.91 Å². The van der Waals surface area contributed by atoms with Crippen molar-refractivity contribution >= 4 is 23.4 Å². The van der Waals surface area contributed by atoms with Gasteiger partial charge in [0.05, 0.1) is 10.6 Å². The van der Waals surface area contributed by atoms with Gasteiger partial charge in [-0.2, -0.15) is 0 Å². The molecule has 5 heteroatoms. The van der Waals surface area contributed by atoms with E-state index >= 15 is 0 Å². The largest absolute Gasteiger partial charge is 0.349 e. The number of aromatic nitrogens is 1. The van der Waals surface area contributed by atoms with Crippen LogP contribution in [0.25, 0.3) is 0 Å². The molecule has 0 unspecified atom stereocenters. The van der Waals surface area contributed by atoms with Crippen molar-refractivity contribution in [3.8, 4) is 0 Å². The number of amides is 1. The van der Waals surface area contributed by atoms with Crippen molar-refractivity contribution < 1.29 is 9.32 Å². The first-order valence-electron chi connectivity index (χ1n) is 7.19. The zero-order chi connectivity index (χ0) is 16.2. The van der Waals surface area contributed by atoms with Crippen molar-refractivity contribution in [2.45, 2.75) is 16.7 Å². The molecule has 0 spiro atoms. The van der Waals surface area contributed by atoms with Gasteiger partial charge in [-0.25, -0.2) is 0 Å². The quantitative estimate of drug-likeness (QED) is 0.713. The van der Waals surface area contributed by atoms with E-state index in [1.165, 1.54) is 11.8 Å². The first-order chi connectivity index (χ1) is 11.2. The number of carbonyl (C=O) groups excluding carboxylic acids is 1. The second-order valence-corrected chi connectivity index (χ2v) is 6.12. The summed E-state index contributed by atoms with van der Waals surface area (Å²) in [6, 6.07) is 19.3. The van der Waals surface area contributed by atoms with Gasteiger partial charge in [0.1, 0.15) is 0 Å². The molecule has 23 heavy (non-hydrogen) atoms. The maximum absolute atomic E-state index is 12.7. The molecule has 0 aliphatic carbocycles. The molecule has 3 aromatic rings. The van der Waals surface area contributed by atoms with Crippen LogP contribution in [0.5, 0.6) is 0 Å². The highest BCUT2D eigenvalue weighted by Gasteiger charge is 2.24. The summed E-state index contributed by atoms with van der Waals surface area (Å²) in [5, 5.41) is 3.97. The molecule has 0 aliphatic rings. The number of hydrogen-bond acceptors (Lipinski definition) is 4. The summed E-state index contributed by atoms with van der Waals surface area (Å²) >= 11 is 1.48. The molecule has 3 rings (SSSR count). The minimum atomic E-state index is -0.213. The van der Waals surface area contributed by atoms with Crippen molar-refractivity contribution in [3.63, 3.8) is 0 Å². The predicted molar refractivity (Wildman–Crippen MR) is 91.0 cm³/mol. The average Bonchev–Trinajstić information content (AvgIpc) is 2.96. The fourth-order valence-corrected chi connectivity index (χ4v) is 3.08. The molecule has 0 saturated heterocycles. The number of rotatable bonds is 4. The van der Waals surface area contributed by atoms with Gasteiger partial charge >= 0.3 is 0 Å². The van der Waals surface area contributed by atoms with E-state index < -0.39 is 0 Å². The number of carbonyl (C=O) groups is 1. The molecule has 0 fully saturated rings. The minimum Gasteiger partial charge on any atom is -0.349 e. The van der Waals surface area contributed by atoms with Crippen LogP contribution in [0.2, 0.25) is 0 Å². The molecule has 0 bridgehead atoms. The van der Waals surface area contributed by atoms with E-state index in [0.29, 0.717) is 5.69 Å². The summed E-state index contributed by atoms with van der Waals surface area (Å²) in [6.45, 7) is 1.84. The molecule has 0 radical (unpaired) electrons. The van der Waals surface area contributed by atoms with E-state index in [2.05, 4.69) is 5.16 Å². The SMILES string of the molecule is Cc1noc(C(=O)N(C)c2ccccc2)c1Sc1ccccc1. The van der Waals surface area contributed by atoms with Gasteiger partial charge in [-0.15, -0.1) is 0 Å². The molecule has 0 atom stereocenters. The van der Waals surface area contributed by atoms with Gasteiger partial charge in [0.2, 0.25) is 5.76 Å². The Morgan fingerprint density at radius 3 is 2.30 bits per heavy atom.